The monoisotopic (exact) mass is 774 g/mol. The van der Waals surface area contributed by atoms with E-state index in [9.17, 15) is 43.2 Å². The summed E-state index contributed by atoms with van der Waals surface area (Å²) in [4.78, 5) is 113. The van der Waals surface area contributed by atoms with E-state index in [-0.39, 0.29) is 17.5 Å². The van der Waals surface area contributed by atoms with Crippen LogP contribution in [-0.4, -0.2) is 153 Å². The maximum absolute atomic E-state index is 13.4. The third kappa shape index (κ3) is 15.5. The molecule has 1 aliphatic heterocycles. The van der Waals surface area contributed by atoms with E-state index < -0.39 is 108 Å². The number of nitrogens with zero attached hydrogens (tertiary/aromatic N) is 1. The van der Waals surface area contributed by atoms with Crippen LogP contribution in [0, 0.1) is 0 Å². The molecule has 1 fully saturated rings. The SMILES string of the molecule is CC(N)C(=O)NC(C)C(=O)NC(CSC1CCN(C(C)C(=O)NC(C)C(=O)NC(C)C(=O)O)C1)C(=O)NC(C)C(=O)NC(C)C(=O)NC(CN)C(=O)O. The average Bonchev–Trinajstić information content (AvgIpc) is 3.56. The van der Waals surface area contributed by atoms with Crippen molar-refractivity contribution in [2.75, 3.05) is 25.4 Å². The summed E-state index contributed by atoms with van der Waals surface area (Å²) in [6.07, 6.45) is 0.600. The molecule has 0 spiro atoms. The zero-order chi connectivity index (χ0) is 40.7. The summed E-state index contributed by atoms with van der Waals surface area (Å²) in [5.74, 6) is -7.31. The minimum Gasteiger partial charge on any atom is -0.480 e. The van der Waals surface area contributed by atoms with Crippen LogP contribution in [0.1, 0.15) is 54.9 Å². The molecule has 7 amide bonds. The Hall–Kier alpha value is -4.54. The number of carboxylic acid groups (broad SMARTS) is 2. The number of hydrogen-bond acceptors (Lipinski definition) is 13. The Balaban J connectivity index is 2.93. The highest BCUT2D eigenvalue weighted by atomic mass is 32.2. The number of hydrogen-bond donors (Lipinski definition) is 11. The zero-order valence-electron chi connectivity index (χ0n) is 30.9. The molecular formula is C31H54N10O11S. The number of thioether (sulfide) groups is 1. The molecule has 10 atom stereocenters. The van der Waals surface area contributed by atoms with Gasteiger partial charge in [0.25, 0.3) is 0 Å². The van der Waals surface area contributed by atoms with Crippen LogP contribution in [0.15, 0.2) is 0 Å². The van der Waals surface area contributed by atoms with Crippen LogP contribution in [0.3, 0.4) is 0 Å². The van der Waals surface area contributed by atoms with Crippen LogP contribution >= 0.6 is 11.8 Å². The Bertz CT molecular complexity index is 1370. The quantitative estimate of drug-likeness (QED) is 0.0521. The second-order valence-corrected chi connectivity index (χ2v) is 14.2. The molecular weight excluding hydrogens is 720 g/mol. The topological polar surface area (TPSA) is 334 Å². The van der Waals surface area contributed by atoms with Gasteiger partial charge in [-0.2, -0.15) is 11.8 Å². The summed E-state index contributed by atoms with van der Waals surface area (Å²) >= 11 is 1.33. The highest BCUT2D eigenvalue weighted by Crippen LogP contribution is 2.25. The molecule has 1 heterocycles. The molecule has 0 aliphatic carbocycles. The van der Waals surface area contributed by atoms with Crippen molar-refractivity contribution < 1.29 is 53.4 Å². The highest BCUT2D eigenvalue weighted by molar-refractivity contribution is 8.00. The Morgan fingerprint density at radius 3 is 1.47 bits per heavy atom. The van der Waals surface area contributed by atoms with Gasteiger partial charge in [-0.3, -0.25) is 43.3 Å². The number of carbonyl (C=O) groups is 9. The minimum atomic E-state index is -1.37. The summed E-state index contributed by atoms with van der Waals surface area (Å²) in [7, 11) is 0. The Morgan fingerprint density at radius 2 is 1.02 bits per heavy atom. The van der Waals surface area contributed by atoms with Gasteiger partial charge in [0.05, 0.1) is 12.1 Å². The van der Waals surface area contributed by atoms with Gasteiger partial charge < -0.3 is 58.9 Å². The van der Waals surface area contributed by atoms with Crippen molar-refractivity contribution in [3.8, 4) is 0 Å². The molecule has 0 aromatic carbocycles. The van der Waals surface area contributed by atoms with E-state index in [1.807, 2.05) is 4.90 Å². The number of nitrogens with two attached hydrogens (primary N) is 2. The first-order valence-corrected chi connectivity index (χ1v) is 18.0. The number of carbonyl (C=O) groups excluding carboxylic acids is 7. The molecule has 22 heteroatoms. The van der Waals surface area contributed by atoms with Crippen molar-refractivity contribution >= 4 is 65.1 Å². The molecule has 13 N–H and O–H groups in total. The first-order chi connectivity index (χ1) is 24.6. The highest BCUT2D eigenvalue weighted by Gasteiger charge is 2.34. The first kappa shape index (κ1) is 46.5. The number of aliphatic carboxylic acids is 2. The molecule has 0 saturated carbocycles. The normalized spacial score (nSPS) is 19.3. The number of nitrogens with one attached hydrogen (secondary N) is 7. The first-order valence-electron chi connectivity index (χ1n) is 17.0. The van der Waals surface area contributed by atoms with Crippen molar-refractivity contribution in [3.63, 3.8) is 0 Å². The van der Waals surface area contributed by atoms with Crippen LogP contribution in [-0.2, 0) is 43.2 Å². The standard InChI is InChI=1S/C31H54N10O11S/c1-13(33)23(42)34-16(4)27(46)40-22(29(48)37-15(3)24(43)35-17(5)26(45)39-21(10-32)31(51)52)12-53-20-8-9-41(11-20)19(7)28(47)36-14(2)25(44)38-18(6)30(49)50/h13-22H,8-12,32-33H2,1-7H3,(H,34,42)(H,35,43)(H,36,47)(H,37,48)(H,38,44)(H,39,45)(H,40,46)(H,49,50)(H,51,52). The van der Waals surface area contributed by atoms with Gasteiger partial charge in [0.2, 0.25) is 41.4 Å². The molecule has 53 heavy (non-hydrogen) atoms. The molecule has 300 valence electrons. The summed E-state index contributed by atoms with van der Waals surface area (Å²) in [6.45, 7) is 10.4. The van der Waals surface area contributed by atoms with Crippen LogP contribution in [0.2, 0.25) is 0 Å². The lowest BCUT2D eigenvalue weighted by Crippen LogP contribution is -2.58. The van der Waals surface area contributed by atoms with Gasteiger partial charge >= 0.3 is 11.9 Å². The Labute approximate surface area is 311 Å². The lowest BCUT2D eigenvalue weighted by molar-refractivity contribution is -0.142. The molecule has 1 rings (SSSR count). The van der Waals surface area contributed by atoms with E-state index in [0.717, 1.165) is 0 Å². The van der Waals surface area contributed by atoms with Crippen molar-refractivity contribution in [3.05, 3.63) is 0 Å². The molecule has 1 aliphatic rings. The number of amides is 7. The molecule has 0 radical (unpaired) electrons. The summed E-state index contributed by atoms with van der Waals surface area (Å²) in [6, 6.07) is -9.73. The fourth-order valence-electron chi connectivity index (χ4n) is 4.63. The molecule has 0 aromatic heterocycles. The van der Waals surface area contributed by atoms with Crippen molar-refractivity contribution in [2.24, 2.45) is 11.5 Å². The van der Waals surface area contributed by atoms with Crippen LogP contribution < -0.4 is 48.7 Å². The van der Waals surface area contributed by atoms with E-state index in [1.54, 1.807) is 6.92 Å². The molecule has 0 bridgehead atoms. The van der Waals surface area contributed by atoms with Crippen molar-refractivity contribution in [2.45, 2.75) is 115 Å². The van der Waals surface area contributed by atoms with Crippen LogP contribution in [0.5, 0.6) is 0 Å². The molecule has 1 saturated heterocycles. The fourth-order valence-corrected chi connectivity index (χ4v) is 5.90. The summed E-state index contributed by atoms with van der Waals surface area (Å²) in [5, 5.41) is 35.0. The third-order valence-corrected chi connectivity index (χ3v) is 9.62. The van der Waals surface area contributed by atoms with E-state index >= 15 is 0 Å². The number of likely N-dealkylation sites (tertiary alicyclic amines) is 1. The largest absolute Gasteiger partial charge is 0.480 e. The van der Waals surface area contributed by atoms with Crippen molar-refractivity contribution in [1.29, 1.82) is 0 Å². The van der Waals surface area contributed by atoms with Gasteiger partial charge in [-0.15, -0.1) is 0 Å². The van der Waals surface area contributed by atoms with Crippen LogP contribution in [0.25, 0.3) is 0 Å². The zero-order valence-corrected chi connectivity index (χ0v) is 31.7. The van der Waals surface area contributed by atoms with Gasteiger partial charge in [0, 0.05) is 30.6 Å². The summed E-state index contributed by atoms with van der Waals surface area (Å²) in [5.41, 5.74) is 10.9. The molecule has 21 nitrogen and oxygen atoms in total. The number of carboxylic acids is 2. The van der Waals surface area contributed by atoms with E-state index in [1.165, 1.54) is 53.3 Å². The third-order valence-electron chi connectivity index (χ3n) is 8.24. The second-order valence-electron chi connectivity index (χ2n) is 12.9. The van der Waals surface area contributed by atoms with Crippen LogP contribution in [0.4, 0.5) is 0 Å². The lowest BCUT2D eigenvalue weighted by Gasteiger charge is -2.26. The van der Waals surface area contributed by atoms with Gasteiger partial charge in [0.15, 0.2) is 0 Å². The van der Waals surface area contributed by atoms with Gasteiger partial charge in [-0.25, -0.2) is 4.79 Å². The minimum absolute atomic E-state index is 0.0202. The predicted molar refractivity (Wildman–Crippen MR) is 192 cm³/mol. The molecule has 10 unspecified atom stereocenters. The van der Waals surface area contributed by atoms with Gasteiger partial charge in [-0.05, 0) is 54.9 Å². The average molecular weight is 775 g/mol. The van der Waals surface area contributed by atoms with E-state index in [4.69, 9.17) is 21.7 Å². The second kappa shape index (κ2) is 21.9. The maximum atomic E-state index is 13.4. The van der Waals surface area contributed by atoms with Crippen molar-refractivity contribution in [1.82, 2.24) is 42.1 Å². The Kier molecular flexibility index (Phi) is 19.2. The maximum Gasteiger partial charge on any atom is 0.327 e. The number of rotatable bonds is 21. The van der Waals surface area contributed by atoms with Gasteiger partial charge in [-0.1, -0.05) is 0 Å². The van der Waals surface area contributed by atoms with Gasteiger partial charge in [0.1, 0.15) is 42.3 Å². The molecule has 0 aromatic rings. The summed E-state index contributed by atoms with van der Waals surface area (Å²) < 4.78 is 0. The lowest BCUT2D eigenvalue weighted by atomic mass is 10.2. The van der Waals surface area contributed by atoms with E-state index in [2.05, 4.69) is 37.2 Å². The Morgan fingerprint density at radius 1 is 0.604 bits per heavy atom. The fraction of sp³-hybridized carbons (Fsp3) is 0.710. The smallest absolute Gasteiger partial charge is 0.327 e. The van der Waals surface area contributed by atoms with E-state index in [0.29, 0.717) is 19.5 Å². The predicted octanol–water partition coefficient (Wildman–Crippen LogP) is -4.85.